The topological polar surface area (TPSA) is 139 Å². The molecule has 3 heterocycles. The van der Waals surface area contributed by atoms with Gasteiger partial charge < -0.3 is 24.5 Å². The lowest BCUT2D eigenvalue weighted by molar-refractivity contribution is 0.0358. The van der Waals surface area contributed by atoms with Crippen molar-refractivity contribution >= 4 is 28.9 Å². The molecule has 13 heteroatoms. The van der Waals surface area contributed by atoms with Gasteiger partial charge in [0, 0.05) is 39.3 Å². The van der Waals surface area contributed by atoms with Crippen molar-refractivity contribution in [3.05, 3.63) is 46.6 Å². The number of nitrogens with two attached hydrogens (primary N) is 1. The maximum atomic E-state index is 14.9. The zero-order chi connectivity index (χ0) is 29.5. The highest BCUT2D eigenvalue weighted by molar-refractivity contribution is 6.05. The molecule has 0 atom stereocenters. The average Bonchev–Trinajstić information content (AvgIpc) is 3.48. The molecule has 1 aliphatic heterocycles. The minimum absolute atomic E-state index is 0.128. The highest BCUT2D eigenvalue weighted by Gasteiger charge is 2.26. The molecular weight excluding hydrogens is 533 g/mol. The maximum absolute atomic E-state index is 14.9. The molecule has 1 amide bonds. The van der Waals surface area contributed by atoms with Crippen LogP contribution in [-0.2, 0) is 22.6 Å². The molecule has 0 aliphatic carbocycles. The van der Waals surface area contributed by atoms with Crippen molar-refractivity contribution in [2.24, 2.45) is 5.73 Å². The first-order chi connectivity index (χ1) is 19.8. The van der Waals surface area contributed by atoms with Crippen molar-refractivity contribution in [3.8, 4) is 5.75 Å². The number of rotatable bonds is 12. The fourth-order valence-electron chi connectivity index (χ4n) is 4.84. The monoisotopic (exact) mass is 571 g/mol. The number of hydrogen-bond donors (Lipinski definition) is 2. The van der Waals surface area contributed by atoms with Crippen LogP contribution in [0.25, 0.3) is 11.0 Å². The number of aryl methyl sites for hydroxylation is 3. The summed E-state index contributed by atoms with van der Waals surface area (Å²) in [5, 5.41) is 6.86. The van der Waals surface area contributed by atoms with E-state index in [1.54, 1.807) is 30.6 Å². The van der Waals surface area contributed by atoms with Gasteiger partial charge >= 0.3 is 5.97 Å². The van der Waals surface area contributed by atoms with Crippen molar-refractivity contribution in [3.63, 3.8) is 0 Å². The predicted molar refractivity (Wildman–Crippen MR) is 152 cm³/mol. The summed E-state index contributed by atoms with van der Waals surface area (Å²) in [6.07, 6.45) is 4.38. The van der Waals surface area contributed by atoms with Gasteiger partial charge in [0.2, 0.25) is 5.95 Å². The number of esters is 1. The molecule has 1 aliphatic rings. The van der Waals surface area contributed by atoms with Crippen LogP contribution in [0.4, 0.5) is 10.3 Å². The molecule has 222 valence electrons. The number of imidazole rings is 1. The Morgan fingerprint density at radius 3 is 2.68 bits per heavy atom. The number of allylic oxidation sites excluding steroid dienone is 1. The lowest BCUT2D eigenvalue weighted by Crippen LogP contribution is -2.37. The van der Waals surface area contributed by atoms with Crippen LogP contribution < -0.4 is 15.8 Å². The number of hydrogen-bond acceptors (Lipinski definition) is 9. The largest absolute Gasteiger partial charge is 0.491 e. The van der Waals surface area contributed by atoms with Gasteiger partial charge in [0.25, 0.3) is 5.91 Å². The number of aromatic nitrogens is 4. The highest BCUT2D eigenvalue weighted by Crippen LogP contribution is 2.34. The standard InChI is InChI=1S/C28H38FN7O5/c1-5-36-25(22(29)19(3)33-36)26(37)32-28-31-23-18(2)20(27(38)39-4)17-21(24(23)35(28)11-7-6-9-30)41-14-8-10-34-12-15-40-16-13-34/h6-7,17H,5,8-16,30H2,1-4H3,(H,31,32,37)/b7-6+. The Kier molecular flexibility index (Phi) is 10.1. The van der Waals surface area contributed by atoms with Crippen LogP contribution in [0.1, 0.15) is 45.4 Å². The Labute approximate surface area is 238 Å². The van der Waals surface area contributed by atoms with Crippen LogP contribution in [0.5, 0.6) is 5.75 Å². The maximum Gasteiger partial charge on any atom is 0.338 e. The quantitative estimate of drug-likeness (QED) is 0.191. The average molecular weight is 572 g/mol. The van der Waals surface area contributed by atoms with Crippen LogP contribution in [0.2, 0.25) is 0 Å². The number of anilines is 1. The number of nitrogens with one attached hydrogen (secondary N) is 1. The van der Waals surface area contributed by atoms with Gasteiger partial charge in [-0.1, -0.05) is 12.2 Å². The molecule has 3 aromatic rings. The lowest BCUT2D eigenvalue weighted by atomic mass is 10.1. The van der Waals surface area contributed by atoms with Gasteiger partial charge in [0.15, 0.2) is 11.5 Å². The number of fused-ring (bicyclic) bond motifs is 1. The van der Waals surface area contributed by atoms with Crippen molar-refractivity contribution < 1.29 is 28.2 Å². The van der Waals surface area contributed by atoms with E-state index in [1.165, 1.54) is 18.7 Å². The number of carbonyl (C=O) groups excluding carboxylic acids is 2. The third-order valence-corrected chi connectivity index (χ3v) is 7.01. The number of nitrogens with zero attached hydrogens (tertiary/aromatic N) is 5. The van der Waals surface area contributed by atoms with E-state index in [0.717, 1.165) is 26.1 Å². The van der Waals surface area contributed by atoms with Crippen molar-refractivity contribution in [2.45, 2.75) is 40.3 Å². The first kappa shape index (κ1) is 30.2. The van der Waals surface area contributed by atoms with E-state index in [4.69, 9.17) is 24.9 Å². The van der Waals surface area contributed by atoms with Crippen LogP contribution in [0.3, 0.4) is 0 Å². The molecule has 41 heavy (non-hydrogen) atoms. The Bertz CT molecular complexity index is 1430. The molecule has 0 unspecified atom stereocenters. The second kappa shape index (κ2) is 13.7. The lowest BCUT2D eigenvalue weighted by Gasteiger charge is -2.26. The zero-order valence-corrected chi connectivity index (χ0v) is 24.0. The predicted octanol–water partition coefficient (Wildman–Crippen LogP) is 2.66. The minimum Gasteiger partial charge on any atom is -0.491 e. The number of amides is 1. The number of ether oxygens (including phenoxy) is 3. The van der Waals surface area contributed by atoms with Crippen LogP contribution >= 0.6 is 0 Å². The van der Waals surface area contributed by atoms with E-state index in [0.29, 0.717) is 67.4 Å². The molecule has 1 saturated heterocycles. The zero-order valence-electron chi connectivity index (χ0n) is 24.0. The molecule has 0 bridgehead atoms. The van der Waals surface area contributed by atoms with E-state index in [2.05, 4.69) is 15.3 Å². The van der Waals surface area contributed by atoms with Gasteiger partial charge in [-0.25, -0.2) is 14.2 Å². The van der Waals surface area contributed by atoms with Crippen LogP contribution in [-0.4, -0.2) is 89.2 Å². The van der Waals surface area contributed by atoms with E-state index in [1.807, 2.05) is 6.08 Å². The fourth-order valence-corrected chi connectivity index (χ4v) is 4.84. The third-order valence-electron chi connectivity index (χ3n) is 7.01. The van der Waals surface area contributed by atoms with Gasteiger partial charge in [0.1, 0.15) is 11.3 Å². The summed E-state index contributed by atoms with van der Waals surface area (Å²) < 4.78 is 34.6. The number of carbonyl (C=O) groups is 2. The van der Waals surface area contributed by atoms with E-state index in [9.17, 15) is 14.0 Å². The number of halogens is 1. The van der Waals surface area contributed by atoms with Crippen molar-refractivity contribution in [1.29, 1.82) is 0 Å². The molecule has 2 aromatic heterocycles. The molecule has 3 N–H and O–H groups in total. The first-order valence-electron chi connectivity index (χ1n) is 13.7. The summed E-state index contributed by atoms with van der Waals surface area (Å²) in [5.41, 5.74) is 7.51. The first-order valence-corrected chi connectivity index (χ1v) is 13.7. The summed E-state index contributed by atoms with van der Waals surface area (Å²) in [4.78, 5) is 33.0. The normalized spacial score (nSPS) is 14.2. The van der Waals surface area contributed by atoms with E-state index >= 15 is 0 Å². The molecule has 12 nitrogen and oxygen atoms in total. The highest BCUT2D eigenvalue weighted by atomic mass is 19.1. The molecule has 0 radical (unpaired) electrons. The summed E-state index contributed by atoms with van der Waals surface area (Å²) >= 11 is 0. The van der Waals surface area contributed by atoms with Gasteiger partial charge in [-0.2, -0.15) is 5.10 Å². The SMILES string of the molecule is CCn1nc(C)c(F)c1C(=O)Nc1nc2c(C)c(C(=O)OC)cc(OCCCN3CCOCC3)c2n1C/C=C/CN. The summed E-state index contributed by atoms with van der Waals surface area (Å²) in [6, 6.07) is 1.64. The Morgan fingerprint density at radius 2 is 2.00 bits per heavy atom. The number of benzene rings is 1. The molecule has 4 rings (SSSR count). The van der Waals surface area contributed by atoms with Crippen LogP contribution in [0, 0.1) is 19.7 Å². The fraction of sp³-hybridized carbons (Fsp3) is 0.500. The summed E-state index contributed by atoms with van der Waals surface area (Å²) in [7, 11) is 1.31. The molecule has 0 saturated carbocycles. The second-order valence-corrected chi connectivity index (χ2v) is 9.66. The molecule has 1 fully saturated rings. The number of methoxy groups -OCH3 is 1. The molecule has 1 aromatic carbocycles. The van der Waals surface area contributed by atoms with Gasteiger partial charge in [-0.15, -0.1) is 0 Å². The number of morpholine rings is 1. The second-order valence-electron chi connectivity index (χ2n) is 9.66. The third kappa shape index (κ3) is 6.58. The smallest absolute Gasteiger partial charge is 0.338 e. The Balaban J connectivity index is 1.74. The van der Waals surface area contributed by atoms with Gasteiger partial charge in [0.05, 0.1) is 43.7 Å². The molecular formula is C28H38FN7O5. The Hall–Kier alpha value is -3.81. The molecule has 0 spiro atoms. The van der Waals surface area contributed by atoms with Crippen molar-refractivity contribution in [2.75, 3.05) is 58.4 Å². The Morgan fingerprint density at radius 1 is 1.24 bits per heavy atom. The van der Waals surface area contributed by atoms with Gasteiger partial charge in [-0.05, 0) is 38.8 Å². The van der Waals surface area contributed by atoms with E-state index in [-0.39, 0.29) is 17.3 Å². The van der Waals surface area contributed by atoms with Crippen molar-refractivity contribution in [1.82, 2.24) is 24.2 Å². The summed E-state index contributed by atoms with van der Waals surface area (Å²) in [6.45, 7) is 10.4. The summed E-state index contributed by atoms with van der Waals surface area (Å²) in [5.74, 6) is -1.33. The van der Waals surface area contributed by atoms with Gasteiger partial charge in [-0.3, -0.25) is 19.7 Å². The minimum atomic E-state index is -0.692. The van der Waals surface area contributed by atoms with Crippen LogP contribution in [0.15, 0.2) is 18.2 Å². The van der Waals surface area contributed by atoms with E-state index < -0.39 is 17.7 Å².